The number of hydrogen-bond acceptors (Lipinski definition) is 5. The lowest BCUT2D eigenvalue weighted by molar-refractivity contribution is -0.120. The van der Waals surface area contributed by atoms with Crippen molar-refractivity contribution in [1.82, 2.24) is 4.98 Å². The van der Waals surface area contributed by atoms with Crippen molar-refractivity contribution in [1.29, 1.82) is 0 Å². The molecule has 0 fully saturated rings. The van der Waals surface area contributed by atoms with Gasteiger partial charge in [0.25, 0.3) is 0 Å². The van der Waals surface area contributed by atoms with Crippen molar-refractivity contribution in [2.45, 2.75) is 33.3 Å². The van der Waals surface area contributed by atoms with Gasteiger partial charge in [0, 0.05) is 12.0 Å². The third-order valence-corrected chi connectivity index (χ3v) is 5.51. The fourth-order valence-corrected chi connectivity index (χ4v) is 3.78. The van der Waals surface area contributed by atoms with Gasteiger partial charge < -0.3 is 20.1 Å². The summed E-state index contributed by atoms with van der Waals surface area (Å²) >= 11 is 0. The van der Waals surface area contributed by atoms with Crippen molar-refractivity contribution in [3.63, 3.8) is 0 Å². The van der Waals surface area contributed by atoms with E-state index in [1.165, 1.54) is 5.56 Å². The molecule has 0 aliphatic heterocycles. The summed E-state index contributed by atoms with van der Waals surface area (Å²) in [4.78, 5) is 17.2. The molecule has 0 spiro atoms. The number of para-hydroxylation sites is 1. The molecule has 0 unspecified atom stereocenters. The number of nitrogens with one attached hydrogen (secondary N) is 2. The van der Waals surface area contributed by atoms with Gasteiger partial charge in [-0.25, -0.2) is 4.98 Å². The minimum atomic E-state index is -0.231. The molecule has 188 valence electrons. The van der Waals surface area contributed by atoms with Crippen LogP contribution < -0.4 is 15.4 Å². The lowest BCUT2D eigenvalue weighted by Gasteiger charge is -2.17. The Morgan fingerprint density at radius 1 is 0.889 bits per heavy atom. The van der Waals surface area contributed by atoms with Gasteiger partial charge in [0.1, 0.15) is 19.0 Å². The molecule has 1 amide bonds. The quantitative estimate of drug-likeness (QED) is 0.232. The largest absolute Gasteiger partial charge is 0.487 e. The average molecular weight is 506 g/mol. The van der Waals surface area contributed by atoms with Crippen LogP contribution in [0.1, 0.15) is 31.4 Å². The van der Waals surface area contributed by atoms with E-state index in [2.05, 4.69) is 29.7 Å². The van der Waals surface area contributed by atoms with Crippen molar-refractivity contribution in [2.75, 3.05) is 23.8 Å². The van der Waals surface area contributed by atoms with E-state index < -0.39 is 0 Å². The highest BCUT2D eigenvalue weighted by atomic mass is 35.5. The van der Waals surface area contributed by atoms with Crippen molar-refractivity contribution in [2.24, 2.45) is 0 Å². The zero-order valence-corrected chi connectivity index (χ0v) is 21.4. The van der Waals surface area contributed by atoms with Gasteiger partial charge in [0.15, 0.2) is 5.82 Å². The van der Waals surface area contributed by atoms with Gasteiger partial charge in [-0.2, -0.15) is 0 Å². The second-order valence-corrected chi connectivity index (χ2v) is 8.24. The minimum Gasteiger partial charge on any atom is -0.487 e. The molecule has 0 saturated heterocycles. The number of carbonyl (C=O) groups excluding carboxylic acids is 1. The van der Waals surface area contributed by atoms with E-state index in [9.17, 15) is 4.79 Å². The van der Waals surface area contributed by atoms with Gasteiger partial charge in [-0.05, 0) is 48.7 Å². The normalized spacial score (nSPS) is 10.5. The Kier molecular flexibility index (Phi) is 10.1. The predicted octanol–water partition coefficient (Wildman–Crippen LogP) is 6.91. The van der Waals surface area contributed by atoms with Crippen molar-refractivity contribution in [3.05, 3.63) is 90.0 Å². The Morgan fingerprint density at radius 3 is 2.44 bits per heavy atom. The first-order valence-corrected chi connectivity index (χ1v) is 12.0. The van der Waals surface area contributed by atoms with Gasteiger partial charge in [0.2, 0.25) is 5.91 Å². The number of ether oxygens (including phenoxy) is 2. The predicted molar refractivity (Wildman–Crippen MR) is 149 cm³/mol. The first-order valence-electron chi connectivity index (χ1n) is 12.0. The van der Waals surface area contributed by atoms with E-state index in [1.807, 2.05) is 73.7 Å². The number of rotatable bonds is 11. The van der Waals surface area contributed by atoms with Gasteiger partial charge >= 0.3 is 0 Å². The lowest BCUT2D eigenvalue weighted by Crippen LogP contribution is -2.19. The number of carbonyl (C=O) groups is 1. The third-order valence-electron chi connectivity index (χ3n) is 5.51. The number of aryl methyl sites for hydroxylation is 1. The number of aromatic nitrogens is 1. The summed E-state index contributed by atoms with van der Waals surface area (Å²) in [5.74, 6) is 1.05. The number of fused-ring (bicyclic) bond motifs is 1. The van der Waals surface area contributed by atoms with E-state index in [0.717, 1.165) is 40.7 Å². The van der Waals surface area contributed by atoms with Crippen LogP contribution in [0.4, 0.5) is 17.2 Å². The molecule has 0 radical (unpaired) electrons. The molecule has 3 aromatic carbocycles. The summed E-state index contributed by atoms with van der Waals surface area (Å²) in [6.07, 6.45) is 2.02. The maximum Gasteiger partial charge on any atom is 0.250 e. The zero-order chi connectivity index (χ0) is 24.5. The molecule has 4 rings (SSSR count). The number of hydrogen-bond donors (Lipinski definition) is 2. The molecular weight excluding hydrogens is 474 g/mol. The molecule has 0 aliphatic carbocycles. The van der Waals surface area contributed by atoms with Crippen LogP contribution in [0.25, 0.3) is 10.9 Å². The zero-order valence-electron chi connectivity index (χ0n) is 20.6. The van der Waals surface area contributed by atoms with Crippen LogP contribution in [0.5, 0.6) is 5.75 Å². The average Bonchev–Trinajstić information content (AvgIpc) is 2.88. The van der Waals surface area contributed by atoms with Crippen molar-refractivity contribution in [3.8, 4) is 5.75 Å². The fourth-order valence-electron chi connectivity index (χ4n) is 3.78. The topological polar surface area (TPSA) is 72.5 Å². The summed E-state index contributed by atoms with van der Waals surface area (Å²) in [6, 6.07) is 26.0. The van der Waals surface area contributed by atoms with Gasteiger partial charge in [0.05, 0.1) is 16.9 Å². The number of pyridine rings is 1. The summed E-state index contributed by atoms with van der Waals surface area (Å²) in [5, 5.41) is 7.28. The number of benzene rings is 3. The Bertz CT molecular complexity index is 1280. The summed E-state index contributed by atoms with van der Waals surface area (Å²) in [5.41, 5.74) is 4.49. The van der Waals surface area contributed by atoms with E-state index in [4.69, 9.17) is 14.5 Å². The Hall–Kier alpha value is -3.61. The Labute approximate surface area is 218 Å². The highest BCUT2D eigenvalue weighted by Gasteiger charge is 2.14. The monoisotopic (exact) mass is 505 g/mol. The van der Waals surface area contributed by atoms with Crippen LogP contribution >= 0.6 is 12.4 Å². The molecule has 7 heteroatoms. The molecule has 2 N–H and O–H groups in total. The summed E-state index contributed by atoms with van der Waals surface area (Å²) in [6.45, 7) is 4.93. The molecule has 0 bridgehead atoms. The highest BCUT2D eigenvalue weighted by Crippen LogP contribution is 2.34. The van der Waals surface area contributed by atoms with Crippen molar-refractivity contribution >= 4 is 46.4 Å². The molecular formula is C29H32ClN3O3. The Balaban J connectivity index is 0.00000361. The van der Waals surface area contributed by atoms with Crippen LogP contribution in [0.15, 0.2) is 78.9 Å². The van der Waals surface area contributed by atoms with E-state index in [1.54, 1.807) is 0 Å². The minimum absolute atomic E-state index is 0. The maximum absolute atomic E-state index is 12.4. The number of halogens is 1. The smallest absolute Gasteiger partial charge is 0.250 e. The standard InChI is InChI=1S/C29H31N3O3.ClH/c1-3-10-21-15-16-25(27(17-21)35-19-22-11-6-5-7-12-22)32-29-26(30-28(33)20-34-4-2)18-23-13-8-9-14-24(23)31-29;/h5-9,11-18H,3-4,10,19-20H2,1-2H3,(H,30,33)(H,31,32);1H. The molecule has 4 aromatic rings. The molecule has 6 nitrogen and oxygen atoms in total. The molecule has 0 saturated carbocycles. The molecule has 36 heavy (non-hydrogen) atoms. The summed E-state index contributed by atoms with van der Waals surface area (Å²) < 4.78 is 11.5. The SMILES string of the molecule is CCCc1ccc(Nc2nc3ccccc3cc2NC(=O)COCC)c(OCc2ccccc2)c1.Cl. The lowest BCUT2D eigenvalue weighted by atomic mass is 10.1. The first-order chi connectivity index (χ1) is 17.2. The first kappa shape index (κ1) is 27.0. The second kappa shape index (κ2) is 13.5. The van der Waals surface area contributed by atoms with Crippen LogP contribution in [-0.2, 0) is 22.6 Å². The van der Waals surface area contributed by atoms with Crippen LogP contribution in [-0.4, -0.2) is 24.1 Å². The maximum atomic E-state index is 12.4. The van der Waals surface area contributed by atoms with Crippen LogP contribution in [0, 0.1) is 0 Å². The summed E-state index contributed by atoms with van der Waals surface area (Å²) in [7, 11) is 0. The number of nitrogens with zero attached hydrogens (tertiary/aromatic N) is 1. The van der Waals surface area contributed by atoms with Crippen LogP contribution in [0.2, 0.25) is 0 Å². The van der Waals surface area contributed by atoms with Gasteiger partial charge in [-0.15, -0.1) is 12.4 Å². The van der Waals surface area contributed by atoms with Crippen LogP contribution in [0.3, 0.4) is 0 Å². The second-order valence-electron chi connectivity index (χ2n) is 8.24. The third kappa shape index (κ3) is 7.20. The number of amides is 1. The van der Waals surface area contributed by atoms with Crippen molar-refractivity contribution < 1.29 is 14.3 Å². The van der Waals surface area contributed by atoms with Gasteiger partial charge in [-0.3, -0.25) is 4.79 Å². The molecule has 0 atom stereocenters. The molecule has 1 heterocycles. The number of anilines is 3. The fraction of sp³-hybridized carbons (Fsp3) is 0.241. The van der Waals surface area contributed by atoms with E-state index in [-0.39, 0.29) is 24.9 Å². The molecule has 1 aromatic heterocycles. The molecule has 0 aliphatic rings. The van der Waals surface area contributed by atoms with E-state index >= 15 is 0 Å². The van der Waals surface area contributed by atoms with Gasteiger partial charge in [-0.1, -0.05) is 67.9 Å². The Morgan fingerprint density at radius 2 is 1.67 bits per heavy atom. The highest BCUT2D eigenvalue weighted by molar-refractivity contribution is 5.98. The van der Waals surface area contributed by atoms with E-state index in [0.29, 0.717) is 24.7 Å².